The summed E-state index contributed by atoms with van der Waals surface area (Å²) in [7, 11) is 0. The zero-order valence-electron chi connectivity index (χ0n) is 18.9. The molecule has 5 heteroatoms. The standard InChI is InChI=1S/C27H29N3O2/c1-19-12-13-22(21(3)18-19)27(31)28-15-14-26-29-23-9-5-6-10-24(23)30(26)16-17-32-25-11-7-4-8-20(25)2/h4-13,18H,14-17H2,1-3H3,(H,28,31). The Labute approximate surface area is 189 Å². The smallest absolute Gasteiger partial charge is 0.251 e. The fraction of sp³-hybridized carbons (Fsp3) is 0.259. The van der Waals surface area contributed by atoms with Crippen LogP contribution in [0.4, 0.5) is 0 Å². The number of fused-ring (bicyclic) bond motifs is 1. The van der Waals surface area contributed by atoms with Gasteiger partial charge in [-0.05, 0) is 56.2 Å². The molecule has 1 N–H and O–H groups in total. The Balaban J connectivity index is 1.44. The van der Waals surface area contributed by atoms with Gasteiger partial charge in [-0.25, -0.2) is 4.98 Å². The van der Waals surface area contributed by atoms with Crippen LogP contribution in [0.3, 0.4) is 0 Å². The van der Waals surface area contributed by atoms with Gasteiger partial charge in [0.1, 0.15) is 18.2 Å². The number of rotatable bonds is 8. The number of ether oxygens (including phenoxy) is 1. The summed E-state index contributed by atoms with van der Waals surface area (Å²) < 4.78 is 8.21. The number of para-hydroxylation sites is 3. The van der Waals surface area contributed by atoms with E-state index in [0.29, 0.717) is 26.1 Å². The van der Waals surface area contributed by atoms with Crippen molar-refractivity contribution in [3.63, 3.8) is 0 Å². The molecule has 0 bridgehead atoms. The maximum atomic E-state index is 12.6. The van der Waals surface area contributed by atoms with E-state index in [2.05, 4.69) is 16.0 Å². The maximum absolute atomic E-state index is 12.6. The molecule has 1 amide bonds. The minimum Gasteiger partial charge on any atom is -0.491 e. The van der Waals surface area contributed by atoms with Crippen LogP contribution < -0.4 is 10.1 Å². The van der Waals surface area contributed by atoms with E-state index in [1.807, 2.05) is 81.4 Å². The molecule has 0 atom stereocenters. The van der Waals surface area contributed by atoms with Crippen molar-refractivity contribution in [2.45, 2.75) is 33.7 Å². The van der Waals surface area contributed by atoms with Crippen LogP contribution in [0.25, 0.3) is 11.0 Å². The monoisotopic (exact) mass is 427 g/mol. The van der Waals surface area contributed by atoms with Gasteiger partial charge in [0, 0.05) is 18.5 Å². The number of nitrogens with zero attached hydrogens (tertiary/aromatic N) is 2. The highest BCUT2D eigenvalue weighted by Crippen LogP contribution is 2.19. The predicted octanol–water partition coefficient (Wildman–Crippen LogP) is 5.01. The number of imidazole rings is 1. The Kier molecular flexibility index (Phi) is 6.55. The lowest BCUT2D eigenvalue weighted by molar-refractivity contribution is 0.0953. The second-order valence-electron chi connectivity index (χ2n) is 8.11. The molecule has 0 radical (unpaired) electrons. The van der Waals surface area contributed by atoms with E-state index < -0.39 is 0 Å². The van der Waals surface area contributed by atoms with Gasteiger partial charge in [-0.2, -0.15) is 0 Å². The molecule has 1 heterocycles. The number of carbonyl (C=O) groups is 1. The summed E-state index contributed by atoms with van der Waals surface area (Å²) in [5, 5.41) is 3.05. The Bertz CT molecular complexity index is 1240. The Morgan fingerprint density at radius 3 is 2.56 bits per heavy atom. The molecule has 32 heavy (non-hydrogen) atoms. The van der Waals surface area contributed by atoms with E-state index in [1.165, 1.54) is 0 Å². The molecule has 3 aromatic carbocycles. The van der Waals surface area contributed by atoms with Crippen LogP contribution in [0.1, 0.15) is 32.9 Å². The SMILES string of the molecule is Cc1ccc(C(=O)NCCc2nc3ccccc3n2CCOc2ccccc2C)c(C)c1. The van der Waals surface area contributed by atoms with Crippen LogP contribution in [0.5, 0.6) is 5.75 Å². The molecule has 4 rings (SSSR count). The molecular formula is C27H29N3O2. The number of aryl methyl sites for hydroxylation is 3. The topological polar surface area (TPSA) is 56.2 Å². The van der Waals surface area contributed by atoms with Crippen LogP contribution in [0, 0.1) is 20.8 Å². The zero-order valence-corrected chi connectivity index (χ0v) is 18.9. The quantitative estimate of drug-likeness (QED) is 0.430. The minimum absolute atomic E-state index is 0.0481. The molecule has 0 unspecified atom stereocenters. The van der Waals surface area contributed by atoms with E-state index in [4.69, 9.17) is 9.72 Å². The predicted molar refractivity (Wildman–Crippen MR) is 128 cm³/mol. The van der Waals surface area contributed by atoms with Crippen molar-refractivity contribution in [3.8, 4) is 5.75 Å². The van der Waals surface area contributed by atoms with Crippen molar-refractivity contribution in [3.05, 3.63) is 94.8 Å². The van der Waals surface area contributed by atoms with Crippen LogP contribution in [-0.4, -0.2) is 28.6 Å². The molecule has 0 aliphatic carbocycles. The highest BCUT2D eigenvalue weighted by atomic mass is 16.5. The number of carbonyl (C=O) groups excluding carboxylic acids is 1. The number of hydrogen-bond donors (Lipinski definition) is 1. The van der Waals surface area contributed by atoms with Crippen molar-refractivity contribution in [1.82, 2.24) is 14.9 Å². The zero-order chi connectivity index (χ0) is 22.5. The van der Waals surface area contributed by atoms with Crippen molar-refractivity contribution in [2.75, 3.05) is 13.2 Å². The molecule has 0 fully saturated rings. The highest BCUT2D eigenvalue weighted by Gasteiger charge is 2.13. The number of benzene rings is 3. The van der Waals surface area contributed by atoms with E-state index >= 15 is 0 Å². The summed E-state index contributed by atoms with van der Waals surface area (Å²) in [4.78, 5) is 17.4. The van der Waals surface area contributed by atoms with Gasteiger partial charge in [-0.3, -0.25) is 4.79 Å². The first kappa shape index (κ1) is 21.6. The average molecular weight is 428 g/mol. The summed E-state index contributed by atoms with van der Waals surface area (Å²) in [5.74, 6) is 1.80. The molecule has 1 aromatic heterocycles. The first-order valence-corrected chi connectivity index (χ1v) is 11.0. The molecule has 0 aliphatic heterocycles. The second kappa shape index (κ2) is 9.69. The normalized spacial score (nSPS) is 11.0. The van der Waals surface area contributed by atoms with Crippen LogP contribution in [-0.2, 0) is 13.0 Å². The lowest BCUT2D eigenvalue weighted by atomic mass is 10.1. The molecule has 4 aromatic rings. The van der Waals surface area contributed by atoms with Gasteiger partial charge in [-0.15, -0.1) is 0 Å². The van der Waals surface area contributed by atoms with E-state index in [-0.39, 0.29) is 5.91 Å². The molecule has 0 spiro atoms. The summed E-state index contributed by atoms with van der Waals surface area (Å²) >= 11 is 0. The maximum Gasteiger partial charge on any atom is 0.251 e. The van der Waals surface area contributed by atoms with Crippen molar-refractivity contribution >= 4 is 16.9 Å². The van der Waals surface area contributed by atoms with Gasteiger partial charge in [0.05, 0.1) is 17.6 Å². The fourth-order valence-electron chi connectivity index (χ4n) is 3.98. The van der Waals surface area contributed by atoms with E-state index in [1.54, 1.807) is 0 Å². The molecular weight excluding hydrogens is 398 g/mol. The first-order chi connectivity index (χ1) is 15.5. The van der Waals surface area contributed by atoms with Gasteiger partial charge in [0.25, 0.3) is 5.91 Å². The number of nitrogens with one attached hydrogen (secondary N) is 1. The Hall–Kier alpha value is -3.60. The van der Waals surface area contributed by atoms with Gasteiger partial charge < -0.3 is 14.6 Å². The largest absolute Gasteiger partial charge is 0.491 e. The first-order valence-electron chi connectivity index (χ1n) is 11.0. The van der Waals surface area contributed by atoms with Gasteiger partial charge in [0.2, 0.25) is 0 Å². The fourth-order valence-corrected chi connectivity index (χ4v) is 3.98. The third-order valence-corrected chi connectivity index (χ3v) is 5.66. The Morgan fingerprint density at radius 2 is 1.75 bits per heavy atom. The summed E-state index contributed by atoms with van der Waals surface area (Å²) in [6, 6.07) is 22.0. The minimum atomic E-state index is -0.0481. The van der Waals surface area contributed by atoms with Gasteiger partial charge >= 0.3 is 0 Å². The lowest BCUT2D eigenvalue weighted by Gasteiger charge is -2.13. The van der Waals surface area contributed by atoms with Gasteiger partial charge in [-0.1, -0.05) is 48.0 Å². The lowest BCUT2D eigenvalue weighted by Crippen LogP contribution is -2.27. The summed E-state index contributed by atoms with van der Waals surface area (Å²) in [5.41, 5.74) is 6.02. The van der Waals surface area contributed by atoms with E-state index in [0.717, 1.165) is 44.9 Å². The number of amides is 1. The highest BCUT2D eigenvalue weighted by molar-refractivity contribution is 5.95. The Morgan fingerprint density at radius 1 is 0.969 bits per heavy atom. The number of aromatic nitrogens is 2. The van der Waals surface area contributed by atoms with Crippen LogP contribution in [0.2, 0.25) is 0 Å². The molecule has 5 nitrogen and oxygen atoms in total. The molecule has 0 saturated carbocycles. The molecule has 0 aliphatic rings. The number of hydrogen-bond acceptors (Lipinski definition) is 3. The van der Waals surface area contributed by atoms with Crippen molar-refractivity contribution in [1.29, 1.82) is 0 Å². The summed E-state index contributed by atoms with van der Waals surface area (Å²) in [6.45, 7) is 7.81. The second-order valence-corrected chi connectivity index (χ2v) is 8.11. The third kappa shape index (κ3) is 4.83. The van der Waals surface area contributed by atoms with Crippen molar-refractivity contribution < 1.29 is 9.53 Å². The van der Waals surface area contributed by atoms with Crippen molar-refractivity contribution in [2.24, 2.45) is 0 Å². The van der Waals surface area contributed by atoms with Crippen LogP contribution in [0.15, 0.2) is 66.7 Å². The third-order valence-electron chi connectivity index (χ3n) is 5.66. The van der Waals surface area contributed by atoms with Gasteiger partial charge in [0.15, 0.2) is 0 Å². The van der Waals surface area contributed by atoms with E-state index in [9.17, 15) is 4.79 Å². The average Bonchev–Trinajstić information content (AvgIpc) is 3.12. The molecule has 0 saturated heterocycles. The molecule has 164 valence electrons. The van der Waals surface area contributed by atoms with Crippen LogP contribution >= 0.6 is 0 Å². The summed E-state index contributed by atoms with van der Waals surface area (Å²) in [6.07, 6.45) is 0.649.